The van der Waals surface area contributed by atoms with Gasteiger partial charge in [-0.25, -0.2) is 4.98 Å². The second kappa shape index (κ2) is 6.27. The van der Waals surface area contributed by atoms with Crippen LogP contribution in [0.4, 0.5) is 0 Å². The van der Waals surface area contributed by atoms with Crippen molar-refractivity contribution in [2.75, 3.05) is 20.3 Å². The van der Waals surface area contributed by atoms with Crippen LogP contribution in [0.25, 0.3) is 0 Å². The lowest BCUT2D eigenvalue weighted by molar-refractivity contribution is 0.145. The van der Waals surface area contributed by atoms with Crippen molar-refractivity contribution in [1.29, 1.82) is 0 Å². The molecule has 0 spiro atoms. The smallest absolute Gasteiger partial charge is 0.115 e. The van der Waals surface area contributed by atoms with E-state index in [4.69, 9.17) is 9.72 Å². The molecular weight excluding hydrogens is 250 g/mol. The number of nitrogens with zero attached hydrogens (tertiary/aromatic N) is 2. The Labute approximate surface area is 122 Å². The Kier molecular flexibility index (Phi) is 4.86. The lowest BCUT2D eigenvalue weighted by atomic mass is 9.95. The summed E-state index contributed by atoms with van der Waals surface area (Å²) in [6, 6.07) is 0.411. The number of ether oxygens (including phenoxy) is 1. The molecule has 1 aliphatic rings. The molecule has 114 valence electrons. The molecule has 20 heavy (non-hydrogen) atoms. The number of imidazole rings is 1. The van der Waals surface area contributed by atoms with Gasteiger partial charge in [-0.3, -0.25) is 0 Å². The highest BCUT2D eigenvalue weighted by molar-refractivity contribution is 5.24. The Balaban J connectivity index is 2.49. The molecule has 0 amide bonds. The fraction of sp³-hybridized carbons (Fsp3) is 0.812. The fourth-order valence-electron chi connectivity index (χ4n) is 3.07. The van der Waals surface area contributed by atoms with Crippen LogP contribution in [-0.4, -0.2) is 29.8 Å². The van der Waals surface area contributed by atoms with Crippen molar-refractivity contribution in [1.82, 2.24) is 14.9 Å². The first kappa shape index (κ1) is 15.5. The number of nitrogens with one attached hydrogen (secondary N) is 1. The van der Waals surface area contributed by atoms with Crippen LogP contribution < -0.4 is 5.32 Å². The van der Waals surface area contributed by atoms with Gasteiger partial charge in [0.15, 0.2) is 0 Å². The van der Waals surface area contributed by atoms with E-state index in [0.29, 0.717) is 6.04 Å². The minimum absolute atomic E-state index is 0.0665. The van der Waals surface area contributed by atoms with E-state index in [-0.39, 0.29) is 5.41 Å². The second-order valence-electron chi connectivity index (χ2n) is 6.77. The summed E-state index contributed by atoms with van der Waals surface area (Å²) < 4.78 is 7.96. The van der Waals surface area contributed by atoms with Gasteiger partial charge in [0, 0.05) is 37.7 Å². The summed E-state index contributed by atoms with van der Waals surface area (Å²) in [6.45, 7) is 11.7. The molecule has 0 aliphatic carbocycles. The first-order valence-electron chi connectivity index (χ1n) is 7.79. The second-order valence-corrected chi connectivity index (χ2v) is 6.77. The number of hydrogen-bond acceptors (Lipinski definition) is 3. The Hall–Kier alpha value is -0.870. The molecule has 1 unspecified atom stereocenters. The van der Waals surface area contributed by atoms with Gasteiger partial charge in [-0.2, -0.15) is 0 Å². The van der Waals surface area contributed by atoms with Crippen molar-refractivity contribution in [3.05, 3.63) is 17.2 Å². The number of fused-ring (bicyclic) bond motifs is 1. The summed E-state index contributed by atoms with van der Waals surface area (Å²) in [5, 5.41) is 3.43. The highest BCUT2D eigenvalue weighted by Crippen LogP contribution is 2.31. The standard InChI is InChI=1S/C16H29N3O/c1-6-7-12(11-20-5)19-14-8-9-17-10-13(14)18-15(19)16(2,3)4/h12,17H,6-11H2,1-5H3. The molecule has 0 saturated carbocycles. The van der Waals surface area contributed by atoms with E-state index >= 15 is 0 Å². The number of methoxy groups -OCH3 is 1. The maximum absolute atomic E-state index is 5.47. The van der Waals surface area contributed by atoms with Gasteiger partial charge in [-0.15, -0.1) is 0 Å². The van der Waals surface area contributed by atoms with E-state index in [2.05, 4.69) is 37.6 Å². The molecule has 4 nitrogen and oxygen atoms in total. The van der Waals surface area contributed by atoms with E-state index in [1.807, 2.05) is 0 Å². The Morgan fingerprint density at radius 2 is 2.15 bits per heavy atom. The minimum Gasteiger partial charge on any atom is -0.383 e. The van der Waals surface area contributed by atoms with Gasteiger partial charge >= 0.3 is 0 Å². The highest BCUT2D eigenvalue weighted by Gasteiger charge is 2.30. The predicted octanol–water partition coefficient (Wildman–Crippen LogP) is 2.81. The zero-order valence-electron chi connectivity index (χ0n) is 13.6. The Bertz CT molecular complexity index is 439. The molecule has 0 radical (unpaired) electrons. The summed E-state index contributed by atoms with van der Waals surface area (Å²) in [4.78, 5) is 4.95. The van der Waals surface area contributed by atoms with E-state index < -0.39 is 0 Å². The predicted molar refractivity (Wildman–Crippen MR) is 82.2 cm³/mol. The summed E-state index contributed by atoms with van der Waals surface area (Å²) in [5.74, 6) is 1.21. The number of hydrogen-bond donors (Lipinski definition) is 1. The molecule has 0 saturated heterocycles. The Morgan fingerprint density at radius 1 is 1.40 bits per heavy atom. The number of aromatic nitrogens is 2. The van der Waals surface area contributed by atoms with Crippen LogP contribution >= 0.6 is 0 Å². The summed E-state index contributed by atoms with van der Waals surface area (Å²) >= 11 is 0. The lowest BCUT2D eigenvalue weighted by Gasteiger charge is -2.28. The third kappa shape index (κ3) is 3.07. The van der Waals surface area contributed by atoms with Crippen LogP contribution in [-0.2, 0) is 23.1 Å². The molecule has 1 aromatic rings. The third-order valence-corrected chi connectivity index (χ3v) is 3.94. The van der Waals surface area contributed by atoms with Gasteiger partial charge < -0.3 is 14.6 Å². The van der Waals surface area contributed by atoms with E-state index in [0.717, 1.165) is 32.5 Å². The van der Waals surface area contributed by atoms with Gasteiger partial charge in [-0.05, 0) is 6.42 Å². The van der Waals surface area contributed by atoms with Crippen LogP contribution in [0.1, 0.15) is 63.8 Å². The molecule has 0 fully saturated rings. The van der Waals surface area contributed by atoms with Crippen molar-refractivity contribution >= 4 is 0 Å². The van der Waals surface area contributed by atoms with Crippen molar-refractivity contribution in [3.63, 3.8) is 0 Å². The maximum atomic E-state index is 5.47. The monoisotopic (exact) mass is 279 g/mol. The largest absolute Gasteiger partial charge is 0.383 e. The normalized spacial score (nSPS) is 17.1. The van der Waals surface area contributed by atoms with E-state index in [1.54, 1.807) is 7.11 Å². The van der Waals surface area contributed by atoms with Gasteiger partial charge in [0.25, 0.3) is 0 Å². The molecule has 1 aliphatic heterocycles. The quantitative estimate of drug-likeness (QED) is 0.901. The zero-order valence-corrected chi connectivity index (χ0v) is 13.6. The van der Waals surface area contributed by atoms with Crippen LogP contribution in [0.15, 0.2) is 0 Å². The van der Waals surface area contributed by atoms with Crippen molar-refractivity contribution in [2.45, 2.75) is 65.0 Å². The van der Waals surface area contributed by atoms with Crippen molar-refractivity contribution in [3.8, 4) is 0 Å². The van der Waals surface area contributed by atoms with Crippen LogP contribution in [0.2, 0.25) is 0 Å². The summed E-state index contributed by atoms with van der Waals surface area (Å²) in [7, 11) is 1.80. The summed E-state index contributed by atoms with van der Waals surface area (Å²) in [6.07, 6.45) is 3.39. The van der Waals surface area contributed by atoms with Crippen molar-refractivity contribution in [2.24, 2.45) is 0 Å². The number of rotatable bonds is 5. The van der Waals surface area contributed by atoms with Gasteiger partial charge in [0.1, 0.15) is 5.82 Å². The molecule has 1 atom stereocenters. The van der Waals surface area contributed by atoms with Crippen LogP contribution in [0.3, 0.4) is 0 Å². The average molecular weight is 279 g/mol. The van der Waals surface area contributed by atoms with Gasteiger partial charge in [0.05, 0.1) is 18.3 Å². The highest BCUT2D eigenvalue weighted by atomic mass is 16.5. The first-order chi connectivity index (χ1) is 9.49. The molecule has 2 rings (SSSR count). The van der Waals surface area contributed by atoms with Crippen LogP contribution in [0.5, 0.6) is 0 Å². The SMILES string of the molecule is CCCC(COC)n1c(C(C)(C)C)nc2c1CCNC2. The van der Waals surface area contributed by atoms with E-state index in [1.165, 1.54) is 23.6 Å². The molecule has 4 heteroatoms. The third-order valence-electron chi connectivity index (χ3n) is 3.94. The lowest BCUT2D eigenvalue weighted by Crippen LogP contribution is -2.29. The zero-order chi connectivity index (χ0) is 14.8. The van der Waals surface area contributed by atoms with Crippen molar-refractivity contribution < 1.29 is 4.74 Å². The first-order valence-corrected chi connectivity index (χ1v) is 7.79. The summed E-state index contributed by atoms with van der Waals surface area (Å²) in [5.41, 5.74) is 2.72. The molecule has 0 aromatic carbocycles. The minimum atomic E-state index is 0.0665. The molecule has 1 N–H and O–H groups in total. The molecule has 0 bridgehead atoms. The molecular formula is C16H29N3O. The van der Waals surface area contributed by atoms with E-state index in [9.17, 15) is 0 Å². The van der Waals surface area contributed by atoms with Gasteiger partial charge in [0.2, 0.25) is 0 Å². The average Bonchev–Trinajstić information content (AvgIpc) is 2.77. The van der Waals surface area contributed by atoms with Crippen LogP contribution in [0, 0.1) is 0 Å². The topological polar surface area (TPSA) is 39.1 Å². The Morgan fingerprint density at radius 3 is 2.75 bits per heavy atom. The molecule has 1 aromatic heterocycles. The van der Waals surface area contributed by atoms with Gasteiger partial charge in [-0.1, -0.05) is 34.1 Å². The fourth-order valence-corrected chi connectivity index (χ4v) is 3.07. The molecule has 2 heterocycles. The maximum Gasteiger partial charge on any atom is 0.115 e.